The van der Waals surface area contributed by atoms with Crippen LogP contribution in [0, 0.1) is 11.8 Å². The molecule has 2 rings (SSSR count). The Hall–Kier alpha value is -1.16. The molecule has 0 saturated heterocycles. The molecule has 1 fully saturated rings. The molecule has 4 heteroatoms. The molecule has 1 saturated carbocycles. The number of hydrogen-bond donors (Lipinski definition) is 2. The Kier molecular flexibility index (Phi) is 3.94. The first-order valence-corrected chi connectivity index (χ1v) is 6.57. The van der Waals surface area contributed by atoms with Gasteiger partial charge in [0.15, 0.2) is 0 Å². The molecule has 2 atom stereocenters. The van der Waals surface area contributed by atoms with Crippen molar-refractivity contribution in [2.75, 3.05) is 11.9 Å². The van der Waals surface area contributed by atoms with Crippen LogP contribution in [0.15, 0.2) is 18.3 Å². The normalized spacial score (nSPS) is 23.6. The number of rotatable bonds is 4. The fourth-order valence-corrected chi connectivity index (χ4v) is 2.56. The topological polar surface area (TPSA) is 50.9 Å². The van der Waals surface area contributed by atoms with Gasteiger partial charge in [-0.1, -0.05) is 32.0 Å². The number of nitrogens with zero attached hydrogens (tertiary/aromatic N) is 1. The van der Waals surface area contributed by atoms with Crippen LogP contribution in [-0.2, 0) is 0 Å². The summed E-state index contributed by atoms with van der Waals surface area (Å²) in [4.78, 5) is 4.48. The van der Waals surface area contributed by atoms with Crippen LogP contribution in [0.2, 0.25) is 0 Å². The van der Waals surface area contributed by atoms with Crippen molar-refractivity contribution in [2.45, 2.75) is 26.2 Å². The molecule has 1 aromatic rings. The first-order chi connectivity index (χ1) is 8.16. The number of anilines is 1. The van der Waals surface area contributed by atoms with E-state index in [2.05, 4.69) is 17.2 Å². The van der Waals surface area contributed by atoms with E-state index in [1.54, 1.807) is 6.20 Å². The molecule has 1 aromatic heterocycles. The molecular formula is C13H19N3S. The summed E-state index contributed by atoms with van der Waals surface area (Å²) in [6, 6.07) is 3.88. The summed E-state index contributed by atoms with van der Waals surface area (Å²) in [6.45, 7) is 3.37. The van der Waals surface area contributed by atoms with Gasteiger partial charge in [-0.25, -0.2) is 0 Å². The maximum absolute atomic E-state index is 5.56. The van der Waals surface area contributed by atoms with Crippen LogP contribution < -0.4 is 11.1 Å². The third kappa shape index (κ3) is 3.16. The summed E-state index contributed by atoms with van der Waals surface area (Å²) in [5.41, 5.74) is 7.31. The first kappa shape index (κ1) is 12.3. The van der Waals surface area contributed by atoms with E-state index in [0.29, 0.717) is 10.7 Å². The quantitative estimate of drug-likeness (QED) is 0.805. The molecule has 2 unspecified atom stereocenters. The van der Waals surface area contributed by atoms with Crippen molar-refractivity contribution in [1.82, 2.24) is 4.98 Å². The minimum Gasteiger partial charge on any atom is -0.388 e. The Morgan fingerprint density at radius 3 is 3.06 bits per heavy atom. The molecule has 0 amide bonds. The first-order valence-electron chi connectivity index (χ1n) is 6.16. The summed E-state index contributed by atoms with van der Waals surface area (Å²) in [5, 5.41) is 3.46. The van der Waals surface area contributed by atoms with Crippen molar-refractivity contribution in [3.63, 3.8) is 0 Å². The third-order valence-corrected chi connectivity index (χ3v) is 3.83. The van der Waals surface area contributed by atoms with E-state index in [1.807, 2.05) is 12.1 Å². The van der Waals surface area contributed by atoms with E-state index in [-0.39, 0.29) is 0 Å². The highest BCUT2D eigenvalue weighted by Crippen LogP contribution is 2.31. The minimum atomic E-state index is 0.350. The maximum Gasteiger partial charge on any atom is 0.122 e. The third-order valence-electron chi connectivity index (χ3n) is 3.62. The summed E-state index contributed by atoms with van der Waals surface area (Å²) in [7, 11) is 0. The van der Waals surface area contributed by atoms with Crippen LogP contribution in [0.25, 0.3) is 0 Å². The largest absolute Gasteiger partial charge is 0.388 e. The molecule has 3 N–H and O–H groups in total. The standard InChI is InChI=1S/C13H19N3S/c1-9-3-2-4-10(9)8-16-11-5-6-15-12(7-11)13(14)17/h5-7,9-10H,2-4,8H2,1H3,(H2,14,17)(H,15,16). The van der Waals surface area contributed by atoms with Gasteiger partial charge >= 0.3 is 0 Å². The monoisotopic (exact) mass is 249 g/mol. The number of thiocarbonyl (C=S) groups is 1. The number of hydrogen-bond acceptors (Lipinski definition) is 3. The predicted octanol–water partition coefficient (Wildman–Crippen LogP) is 2.56. The fraction of sp³-hybridized carbons (Fsp3) is 0.538. The lowest BCUT2D eigenvalue weighted by Gasteiger charge is -2.16. The Morgan fingerprint density at radius 1 is 1.59 bits per heavy atom. The minimum absolute atomic E-state index is 0.350. The molecule has 1 aliphatic carbocycles. The molecule has 0 aromatic carbocycles. The van der Waals surface area contributed by atoms with Crippen LogP contribution in [0.3, 0.4) is 0 Å². The lowest BCUT2D eigenvalue weighted by Crippen LogP contribution is -2.17. The van der Waals surface area contributed by atoms with E-state index < -0.39 is 0 Å². The molecule has 0 aliphatic heterocycles. The molecule has 17 heavy (non-hydrogen) atoms. The molecule has 1 heterocycles. The summed E-state index contributed by atoms with van der Waals surface area (Å²) >= 11 is 4.92. The van der Waals surface area contributed by atoms with Gasteiger partial charge in [0.25, 0.3) is 0 Å². The van der Waals surface area contributed by atoms with Gasteiger partial charge in [-0.3, -0.25) is 4.98 Å². The highest BCUT2D eigenvalue weighted by molar-refractivity contribution is 7.80. The Morgan fingerprint density at radius 2 is 2.41 bits per heavy atom. The van der Waals surface area contributed by atoms with Crippen LogP contribution in [-0.4, -0.2) is 16.5 Å². The van der Waals surface area contributed by atoms with Crippen molar-refractivity contribution in [1.29, 1.82) is 0 Å². The van der Waals surface area contributed by atoms with Crippen molar-refractivity contribution >= 4 is 22.9 Å². The van der Waals surface area contributed by atoms with Gasteiger partial charge < -0.3 is 11.1 Å². The lowest BCUT2D eigenvalue weighted by molar-refractivity contribution is 0.439. The van der Waals surface area contributed by atoms with Gasteiger partial charge in [0.2, 0.25) is 0 Å². The zero-order valence-electron chi connectivity index (χ0n) is 10.1. The second-order valence-electron chi connectivity index (χ2n) is 4.84. The molecule has 3 nitrogen and oxygen atoms in total. The number of pyridine rings is 1. The molecule has 92 valence electrons. The van der Waals surface area contributed by atoms with E-state index in [0.717, 1.165) is 24.1 Å². The maximum atomic E-state index is 5.56. The van der Waals surface area contributed by atoms with Crippen LogP contribution in [0.4, 0.5) is 5.69 Å². The average molecular weight is 249 g/mol. The van der Waals surface area contributed by atoms with Gasteiger partial charge in [-0.2, -0.15) is 0 Å². The highest BCUT2D eigenvalue weighted by atomic mass is 32.1. The second-order valence-corrected chi connectivity index (χ2v) is 5.28. The van der Waals surface area contributed by atoms with E-state index in [1.165, 1.54) is 19.3 Å². The van der Waals surface area contributed by atoms with Crippen molar-refractivity contribution in [3.05, 3.63) is 24.0 Å². The van der Waals surface area contributed by atoms with Gasteiger partial charge in [0, 0.05) is 18.4 Å². The van der Waals surface area contributed by atoms with E-state index in [9.17, 15) is 0 Å². The predicted molar refractivity (Wildman–Crippen MR) is 75.1 cm³/mol. The molecule has 0 bridgehead atoms. The van der Waals surface area contributed by atoms with Gasteiger partial charge in [0.1, 0.15) is 4.99 Å². The molecule has 0 spiro atoms. The molecule has 1 aliphatic rings. The number of aromatic nitrogens is 1. The lowest BCUT2D eigenvalue weighted by atomic mass is 9.98. The summed E-state index contributed by atoms with van der Waals surface area (Å²) < 4.78 is 0. The second kappa shape index (κ2) is 5.45. The highest BCUT2D eigenvalue weighted by Gasteiger charge is 2.22. The number of nitrogens with two attached hydrogens (primary N) is 1. The van der Waals surface area contributed by atoms with Crippen molar-refractivity contribution < 1.29 is 0 Å². The summed E-state index contributed by atoms with van der Waals surface area (Å²) in [6.07, 6.45) is 5.80. The van der Waals surface area contributed by atoms with Crippen LogP contribution in [0.5, 0.6) is 0 Å². The van der Waals surface area contributed by atoms with Crippen molar-refractivity contribution in [3.8, 4) is 0 Å². The summed E-state index contributed by atoms with van der Waals surface area (Å²) in [5.74, 6) is 1.62. The SMILES string of the molecule is CC1CCCC1CNc1ccnc(C(N)=S)c1. The Labute approximate surface area is 108 Å². The number of nitrogens with one attached hydrogen (secondary N) is 1. The van der Waals surface area contributed by atoms with Gasteiger partial charge in [-0.05, 0) is 30.4 Å². The molecular weight excluding hydrogens is 230 g/mol. The zero-order valence-corrected chi connectivity index (χ0v) is 11.0. The Balaban J connectivity index is 1.94. The average Bonchev–Trinajstić information content (AvgIpc) is 2.72. The fourth-order valence-electron chi connectivity index (χ4n) is 2.45. The van der Waals surface area contributed by atoms with Gasteiger partial charge in [-0.15, -0.1) is 0 Å². The molecule has 0 radical (unpaired) electrons. The van der Waals surface area contributed by atoms with Gasteiger partial charge in [0.05, 0.1) is 5.69 Å². The van der Waals surface area contributed by atoms with Crippen molar-refractivity contribution in [2.24, 2.45) is 17.6 Å². The smallest absolute Gasteiger partial charge is 0.122 e. The van der Waals surface area contributed by atoms with E-state index in [4.69, 9.17) is 18.0 Å². The Bertz CT molecular complexity index is 405. The van der Waals surface area contributed by atoms with Crippen LogP contribution in [0.1, 0.15) is 31.9 Å². The van der Waals surface area contributed by atoms with Crippen LogP contribution >= 0.6 is 12.2 Å². The van der Waals surface area contributed by atoms with E-state index >= 15 is 0 Å². The zero-order chi connectivity index (χ0) is 12.3.